The fraction of sp³-hybridized carbons (Fsp3) is 0.381. The first kappa shape index (κ1) is 19.5. The van der Waals surface area contributed by atoms with Crippen LogP contribution in [0, 0.1) is 5.82 Å². The van der Waals surface area contributed by atoms with E-state index in [2.05, 4.69) is 10.6 Å². The fourth-order valence-electron chi connectivity index (χ4n) is 4.38. The van der Waals surface area contributed by atoms with Crippen molar-refractivity contribution in [3.05, 3.63) is 57.3 Å². The van der Waals surface area contributed by atoms with Gasteiger partial charge in [0.2, 0.25) is 5.91 Å². The third-order valence-corrected chi connectivity index (χ3v) is 6.74. The summed E-state index contributed by atoms with van der Waals surface area (Å²) < 4.78 is 14.8. The molecule has 1 amide bonds. The quantitative estimate of drug-likeness (QED) is 0.706. The van der Waals surface area contributed by atoms with Gasteiger partial charge in [0, 0.05) is 30.5 Å². The highest BCUT2D eigenvalue weighted by Gasteiger charge is 2.43. The molecule has 28 heavy (non-hydrogen) atoms. The largest absolute Gasteiger partial charge is 0.374 e. The number of carbonyl (C=O) groups excluding carboxylic acids is 1. The van der Waals surface area contributed by atoms with E-state index in [9.17, 15) is 9.18 Å². The van der Waals surface area contributed by atoms with Crippen molar-refractivity contribution < 1.29 is 9.18 Å². The first-order chi connectivity index (χ1) is 13.2. The number of amides is 1. The number of nitrogens with zero attached hydrogens (tertiary/aromatic N) is 1. The smallest absolute Gasteiger partial charge is 0.236 e. The molecule has 1 atom stereocenters. The molecule has 1 saturated heterocycles. The Balaban J connectivity index is 1.78. The molecule has 0 spiro atoms. The van der Waals surface area contributed by atoms with Crippen LogP contribution < -0.4 is 15.5 Å². The first-order valence-electron chi connectivity index (χ1n) is 9.23. The molecule has 0 aliphatic carbocycles. The lowest BCUT2D eigenvalue weighted by Crippen LogP contribution is -2.39. The third kappa shape index (κ3) is 2.79. The maximum atomic E-state index is 14.8. The molecule has 4 rings (SSSR count). The summed E-state index contributed by atoms with van der Waals surface area (Å²) >= 11 is 12.6. The van der Waals surface area contributed by atoms with Gasteiger partial charge in [-0.05, 0) is 56.6 Å². The molecule has 0 aromatic heterocycles. The molecule has 0 saturated carbocycles. The van der Waals surface area contributed by atoms with Crippen LogP contribution in [-0.2, 0) is 15.7 Å². The minimum absolute atomic E-state index is 0.0563. The third-order valence-electron chi connectivity index (χ3n) is 5.93. The summed E-state index contributed by atoms with van der Waals surface area (Å²) in [6.07, 6.45) is 0.654. The van der Waals surface area contributed by atoms with Gasteiger partial charge in [-0.3, -0.25) is 4.79 Å². The number of carbonyl (C=O) groups is 1. The number of fused-ring (bicyclic) bond motifs is 1. The Morgan fingerprint density at radius 1 is 1.21 bits per heavy atom. The molecule has 2 aliphatic heterocycles. The van der Waals surface area contributed by atoms with Crippen LogP contribution in [0.25, 0.3) is 0 Å². The lowest BCUT2D eigenvalue weighted by molar-refractivity contribution is -0.121. The number of hydrogen-bond donors (Lipinski definition) is 2. The van der Waals surface area contributed by atoms with Gasteiger partial charge in [-0.15, -0.1) is 0 Å². The van der Waals surface area contributed by atoms with Gasteiger partial charge < -0.3 is 15.5 Å². The van der Waals surface area contributed by atoms with Gasteiger partial charge in [-0.2, -0.15) is 0 Å². The molecule has 148 valence electrons. The monoisotopic (exact) mass is 421 g/mol. The van der Waals surface area contributed by atoms with Gasteiger partial charge in [-0.1, -0.05) is 29.3 Å². The molecule has 1 fully saturated rings. The molecule has 2 aliphatic rings. The second-order valence-corrected chi connectivity index (χ2v) is 8.86. The minimum atomic E-state index is -0.725. The zero-order valence-electron chi connectivity index (χ0n) is 16.0. The SMILES string of the molecule is CN1C(=O)C(C)(C)c2ccc(NC3(c4c(F)ccc(Cl)c4Cl)CCNC3)cc21. The summed E-state index contributed by atoms with van der Waals surface area (Å²) in [6.45, 7) is 5.09. The number of benzene rings is 2. The Labute approximate surface area is 174 Å². The van der Waals surface area contributed by atoms with Gasteiger partial charge >= 0.3 is 0 Å². The van der Waals surface area contributed by atoms with Crippen molar-refractivity contribution in [2.75, 3.05) is 30.4 Å². The molecule has 0 radical (unpaired) electrons. The van der Waals surface area contributed by atoms with E-state index in [1.807, 2.05) is 32.0 Å². The first-order valence-corrected chi connectivity index (χ1v) is 9.98. The van der Waals surface area contributed by atoms with Crippen LogP contribution in [0.4, 0.5) is 15.8 Å². The normalized spacial score (nSPS) is 23.2. The van der Waals surface area contributed by atoms with E-state index in [1.165, 1.54) is 12.1 Å². The summed E-state index contributed by atoms with van der Waals surface area (Å²) in [5, 5.41) is 7.34. The highest BCUT2D eigenvalue weighted by Crippen LogP contribution is 2.44. The maximum Gasteiger partial charge on any atom is 0.236 e. The molecule has 2 heterocycles. The fourth-order valence-corrected chi connectivity index (χ4v) is 4.87. The van der Waals surface area contributed by atoms with E-state index in [4.69, 9.17) is 23.2 Å². The topological polar surface area (TPSA) is 44.4 Å². The van der Waals surface area contributed by atoms with Crippen LogP contribution in [0.15, 0.2) is 30.3 Å². The molecule has 2 aromatic carbocycles. The van der Waals surface area contributed by atoms with E-state index in [1.54, 1.807) is 11.9 Å². The number of halogens is 3. The Kier molecular flexibility index (Phi) is 4.60. The summed E-state index contributed by atoms with van der Waals surface area (Å²) in [4.78, 5) is 14.2. The second kappa shape index (κ2) is 6.61. The van der Waals surface area contributed by atoms with Crippen LogP contribution in [-0.4, -0.2) is 26.0 Å². The van der Waals surface area contributed by atoms with Crippen molar-refractivity contribution in [2.45, 2.75) is 31.2 Å². The Bertz CT molecular complexity index is 970. The number of hydrogen-bond acceptors (Lipinski definition) is 3. The van der Waals surface area contributed by atoms with Crippen LogP contribution in [0.2, 0.25) is 10.0 Å². The second-order valence-electron chi connectivity index (χ2n) is 8.07. The average molecular weight is 422 g/mol. The highest BCUT2D eigenvalue weighted by molar-refractivity contribution is 6.42. The van der Waals surface area contributed by atoms with Crippen molar-refractivity contribution in [1.82, 2.24) is 5.32 Å². The molecule has 2 N–H and O–H groups in total. The molecular weight excluding hydrogens is 400 g/mol. The van der Waals surface area contributed by atoms with Crippen molar-refractivity contribution in [2.24, 2.45) is 0 Å². The van der Waals surface area contributed by atoms with Crippen molar-refractivity contribution in [3.8, 4) is 0 Å². The number of anilines is 2. The highest BCUT2D eigenvalue weighted by atomic mass is 35.5. The van der Waals surface area contributed by atoms with Crippen molar-refractivity contribution >= 4 is 40.5 Å². The molecule has 2 aromatic rings. The van der Waals surface area contributed by atoms with E-state index in [-0.39, 0.29) is 16.7 Å². The van der Waals surface area contributed by atoms with Gasteiger partial charge in [-0.25, -0.2) is 4.39 Å². The van der Waals surface area contributed by atoms with E-state index in [0.717, 1.165) is 23.5 Å². The van der Waals surface area contributed by atoms with Crippen molar-refractivity contribution in [3.63, 3.8) is 0 Å². The van der Waals surface area contributed by atoms with E-state index >= 15 is 0 Å². The molecule has 0 bridgehead atoms. The Morgan fingerprint density at radius 3 is 2.64 bits per heavy atom. The zero-order chi connectivity index (χ0) is 20.3. The molecule has 7 heteroatoms. The zero-order valence-corrected chi connectivity index (χ0v) is 17.5. The predicted octanol–water partition coefficient (Wildman–Crippen LogP) is 4.69. The van der Waals surface area contributed by atoms with Gasteiger partial charge in [0.15, 0.2) is 0 Å². The lowest BCUT2D eigenvalue weighted by Gasteiger charge is -2.33. The minimum Gasteiger partial charge on any atom is -0.374 e. The molecule has 1 unspecified atom stereocenters. The summed E-state index contributed by atoms with van der Waals surface area (Å²) in [5.41, 5.74) is 1.73. The Morgan fingerprint density at radius 2 is 1.96 bits per heavy atom. The van der Waals surface area contributed by atoms with E-state index < -0.39 is 11.0 Å². The van der Waals surface area contributed by atoms with Crippen LogP contribution >= 0.6 is 23.2 Å². The summed E-state index contributed by atoms with van der Waals surface area (Å²) in [6, 6.07) is 8.66. The average Bonchev–Trinajstić information content (AvgIpc) is 3.18. The molecule has 4 nitrogen and oxygen atoms in total. The standard InChI is InChI=1S/C21H22Cl2FN3O/c1-20(2)13-5-4-12(10-16(13)27(3)19(20)28)26-21(8-9-25-11-21)17-15(24)7-6-14(22)18(17)23/h4-7,10,25-26H,8-9,11H2,1-3H3. The maximum absolute atomic E-state index is 14.8. The van der Waals surface area contributed by atoms with Crippen molar-refractivity contribution in [1.29, 1.82) is 0 Å². The van der Waals surface area contributed by atoms with E-state index in [0.29, 0.717) is 23.6 Å². The number of nitrogens with one attached hydrogen (secondary N) is 2. The van der Waals surface area contributed by atoms with Gasteiger partial charge in [0.05, 0.1) is 21.0 Å². The van der Waals surface area contributed by atoms with Crippen LogP contribution in [0.1, 0.15) is 31.4 Å². The lowest BCUT2D eigenvalue weighted by atomic mass is 9.85. The van der Waals surface area contributed by atoms with Gasteiger partial charge in [0.25, 0.3) is 0 Å². The Hall–Kier alpha value is -1.82. The van der Waals surface area contributed by atoms with Crippen LogP contribution in [0.5, 0.6) is 0 Å². The van der Waals surface area contributed by atoms with Gasteiger partial charge in [0.1, 0.15) is 5.82 Å². The predicted molar refractivity (Wildman–Crippen MR) is 112 cm³/mol. The molecular formula is C21H22Cl2FN3O. The van der Waals surface area contributed by atoms with Crippen LogP contribution in [0.3, 0.4) is 0 Å². The number of likely N-dealkylation sites (N-methyl/N-ethyl adjacent to an activating group) is 1. The number of rotatable bonds is 3. The summed E-state index contributed by atoms with van der Waals surface area (Å²) in [5.74, 6) is -0.332. The summed E-state index contributed by atoms with van der Waals surface area (Å²) in [7, 11) is 1.78.